The molecule has 0 radical (unpaired) electrons. The Hall–Kier alpha value is -2.10. The Bertz CT molecular complexity index is 745. The van der Waals surface area contributed by atoms with Gasteiger partial charge in [0.1, 0.15) is 18.1 Å². The topological polar surface area (TPSA) is 54.9 Å². The van der Waals surface area contributed by atoms with E-state index in [2.05, 4.69) is 15.6 Å². The minimum absolute atomic E-state index is 0. The van der Waals surface area contributed by atoms with Gasteiger partial charge in [0.25, 0.3) is 6.43 Å². The molecule has 0 heterocycles. The first-order valence-corrected chi connectivity index (χ1v) is 8.68. The number of methoxy groups -OCH3 is 1. The molecule has 154 valence electrons. The molecule has 0 saturated heterocycles. The second-order valence-corrected chi connectivity index (χ2v) is 5.76. The largest absolute Gasteiger partial charge is 0.496 e. The van der Waals surface area contributed by atoms with Crippen molar-refractivity contribution < 1.29 is 18.3 Å². The van der Waals surface area contributed by atoms with Crippen LogP contribution in [0.4, 0.5) is 8.78 Å². The Morgan fingerprint density at radius 2 is 1.89 bits per heavy atom. The van der Waals surface area contributed by atoms with Crippen LogP contribution < -0.4 is 20.1 Å². The van der Waals surface area contributed by atoms with E-state index in [0.717, 1.165) is 23.3 Å². The average molecular weight is 505 g/mol. The van der Waals surface area contributed by atoms with Crippen LogP contribution >= 0.6 is 24.0 Å². The molecule has 0 saturated carbocycles. The molecule has 0 fully saturated rings. The highest BCUT2D eigenvalue weighted by Gasteiger charge is 2.05. The van der Waals surface area contributed by atoms with Crippen LogP contribution in [0.25, 0.3) is 0 Å². The number of aliphatic imine (C=N–C) groups is 1. The Labute approximate surface area is 181 Å². The lowest BCUT2D eigenvalue weighted by molar-refractivity contribution is 0.0818. The van der Waals surface area contributed by atoms with Crippen LogP contribution in [0.3, 0.4) is 0 Å². The molecule has 0 aliphatic rings. The molecular weight excluding hydrogens is 479 g/mol. The zero-order valence-electron chi connectivity index (χ0n) is 16.0. The number of nitrogens with zero attached hydrogens (tertiary/aromatic N) is 1. The van der Waals surface area contributed by atoms with Gasteiger partial charge >= 0.3 is 0 Å². The summed E-state index contributed by atoms with van der Waals surface area (Å²) in [7, 11) is 3.35. The summed E-state index contributed by atoms with van der Waals surface area (Å²) in [5.74, 6) is 1.94. The summed E-state index contributed by atoms with van der Waals surface area (Å²) in [6.07, 6.45) is -1.69. The Kier molecular flexibility index (Phi) is 11.2. The molecule has 2 N–H and O–H groups in total. The van der Waals surface area contributed by atoms with Crippen molar-refractivity contribution in [1.29, 1.82) is 0 Å². The van der Waals surface area contributed by atoms with Gasteiger partial charge in [0.15, 0.2) is 5.96 Å². The highest BCUT2D eigenvalue weighted by Crippen LogP contribution is 2.17. The van der Waals surface area contributed by atoms with E-state index in [9.17, 15) is 8.78 Å². The van der Waals surface area contributed by atoms with Gasteiger partial charge in [0, 0.05) is 20.1 Å². The molecule has 0 aliphatic heterocycles. The predicted molar refractivity (Wildman–Crippen MR) is 118 cm³/mol. The van der Waals surface area contributed by atoms with Crippen molar-refractivity contribution in [3.63, 3.8) is 0 Å². The molecule has 8 heteroatoms. The van der Waals surface area contributed by atoms with Crippen LogP contribution in [0.5, 0.6) is 11.5 Å². The maximum absolute atomic E-state index is 12.2. The molecular formula is C20H26F2IN3O2. The van der Waals surface area contributed by atoms with Gasteiger partial charge in [0.2, 0.25) is 0 Å². The minimum Gasteiger partial charge on any atom is -0.496 e. The Morgan fingerprint density at radius 3 is 2.61 bits per heavy atom. The molecule has 0 unspecified atom stereocenters. The Balaban J connectivity index is 0.00000392. The summed E-state index contributed by atoms with van der Waals surface area (Å²) in [6, 6.07) is 14.9. The van der Waals surface area contributed by atoms with Gasteiger partial charge in [-0.3, -0.25) is 4.99 Å². The van der Waals surface area contributed by atoms with E-state index in [4.69, 9.17) is 9.47 Å². The first-order chi connectivity index (χ1) is 13.1. The molecule has 0 bridgehead atoms. The van der Waals surface area contributed by atoms with Gasteiger partial charge in [-0.15, -0.1) is 24.0 Å². The highest BCUT2D eigenvalue weighted by atomic mass is 127. The summed E-state index contributed by atoms with van der Waals surface area (Å²) in [6.45, 7) is 0.584. The molecule has 0 spiro atoms. The Morgan fingerprint density at radius 1 is 1.11 bits per heavy atom. The summed E-state index contributed by atoms with van der Waals surface area (Å²) in [4.78, 5) is 4.19. The lowest BCUT2D eigenvalue weighted by Crippen LogP contribution is -2.37. The lowest BCUT2D eigenvalue weighted by Gasteiger charge is -2.13. The van der Waals surface area contributed by atoms with Gasteiger partial charge in [-0.25, -0.2) is 8.78 Å². The van der Waals surface area contributed by atoms with Crippen LogP contribution in [-0.2, 0) is 13.0 Å². The molecule has 0 atom stereocenters. The van der Waals surface area contributed by atoms with Crippen LogP contribution in [0.1, 0.15) is 11.1 Å². The quantitative estimate of drug-likeness (QED) is 0.309. The molecule has 0 amide bonds. The number of halogens is 3. The number of rotatable bonds is 9. The second-order valence-electron chi connectivity index (χ2n) is 5.76. The molecule has 2 aromatic carbocycles. The smallest absolute Gasteiger partial charge is 0.272 e. The second kappa shape index (κ2) is 13.1. The summed E-state index contributed by atoms with van der Waals surface area (Å²) >= 11 is 0. The molecule has 0 aliphatic carbocycles. The molecule has 2 rings (SSSR count). The highest BCUT2D eigenvalue weighted by molar-refractivity contribution is 14.0. The summed E-state index contributed by atoms with van der Waals surface area (Å²) in [5, 5.41) is 6.44. The number of guanidine groups is 1. The first kappa shape index (κ1) is 23.9. The maximum atomic E-state index is 12.2. The number of benzene rings is 2. The van der Waals surface area contributed by atoms with E-state index in [1.807, 2.05) is 30.3 Å². The number of ether oxygens (including phenoxy) is 2. The number of alkyl halides is 2. The van der Waals surface area contributed by atoms with E-state index in [1.165, 1.54) is 0 Å². The van der Waals surface area contributed by atoms with Crippen molar-refractivity contribution in [2.45, 2.75) is 19.4 Å². The van der Waals surface area contributed by atoms with Crippen LogP contribution in [0, 0.1) is 0 Å². The number of nitrogens with one attached hydrogen (secondary N) is 2. The van der Waals surface area contributed by atoms with E-state index in [-0.39, 0.29) is 24.0 Å². The summed E-state index contributed by atoms with van der Waals surface area (Å²) in [5.41, 5.74) is 2.03. The zero-order chi connectivity index (χ0) is 19.5. The molecule has 2 aromatic rings. The third-order valence-electron chi connectivity index (χ3n) is 3.84. The van der Waals surface area contributed by atoms with Gasteiger partial charge in [0.05, 0.1) is 7.11 Å². The van der Waals surface area contributed by atoms with Crippen molar-refractivity contribution in [2.75, 3.05) is 27.3 Å². The fraction of sp³-hybridized carbons (Fsp3) is 0.350. The molecule has 28 heavy (non-hydrogen) atoms. The fourth-order valence-electron chi connectivity index (χ4n) is 2.54. The number of hydrogen-bond acceptors (Lipinski definition) is 3. The molecule has 0 aromatic heterocycles. The van der Waals surface area contributed by atoms with Crippen LogP contribution in [0.2, 0.25) is 0 Å². The predicted octanol–water partition coefficient (Wildman–Crippen LogP) is 3.86. The van der Waals surface area contributed by atoms with Crippen molar-refractivity contribution in [1.82, 2.24) is 10.6 Å². The SMILES string of the molecule is CN=C(NCCc1ccccc1OC)NCc1cccc(OCC(F)F)c1.I. The van der Waals surface area contributed by atoms with E-state index < -0.39 is 13.0 Å². The lowest BCUT2D eigenvalue weighted by atomic mass is 10.1. The standard InChI is InChI=1S/C20H25F2N3O2.HI/c1-23-20(24-11-10-16-7-3-4-9-18(16)26-2)25-13-15-6-5-8-17(12-15)27-14-19(21)22;/h3-9,12,19H,10-11,13-14H2,1-2H3,(H2,23,24,25);1H. The minimum atomic E-state index is -2.49. The third kappa shape index (κ3) is 8.28. The summed E-state index contributed by atoms with van der Waals surface area (Å²) < 4.78 is 34.9. The van der Waals surface area contributed by atoms with Crippen molar-refractivity contribution in [3.8, 4) is 11.5 Å². The van der Waals surface area contributed by atoms with Gasteiger partial charge in [-0.2, -0.15) is 0 Å². The van der Waals surface area contributed by atoms with Crippen LogP contribution in [0.15, 0.2) is 53.5 Å². The van der Waals surface area contributed by atoms with E-state index in [1.54, 1.807) is 32.4 Å². The first-order valence-electron chi connectivity index (χ1n) is 8.68. The number of para-hydroxylation sites is 1. The van der Waals surface area contributed by atoms with Crippen LogP contribution in [-0.4, -0.2) is 39.7 Å². The van der Waals surface area contributed by atoms with E-state index in [0.29, 0.717) is 24.8 Å². The van der Waals surface area contributed by atoms with Gasteiger partial charge in [-0.05, 0) is 35.7 Å². The van der Waals surface area contributed by atoms with Gasteiger partial charge < -0.3 is 20.1 Å². The van der Waals surface area contributed by atoms with Crippen molar-refractivity contribution in [2.24, 2.45) is 4.99 Å². The zero-order valence-corrected chi connectivity index (χ0v) is 18.3. The van der Waals surface area contributed by atoms with E-state index >= 15 is 0 Å². The van der Waals surface area contributed by atoms with Crippen molar-refractivity contribution >= 4 is 29.9 Å². The third-order valence-corrected chi connectivity index (χ3v) is 3.84. The van der Waals surface area contributed by atoms with Gasteiger partial charge in [-0.1, -0.05) is 30.3 Å². The van der Waals surface area contributed by atoms with Crippen molar-refractivity contribution in [3.05, 3.63) is 59.7 Å². The number of hydrogen-bond donors (Lipinski definition) is 2. The average Bonchev–Trinajstić information content (AvgIpc) is 2.69. The molecule has 5 nitrogen and oxygen atoms in total. The normalized spacial score (nSPS) is 11.0. The fourth-order valence-corrected chi connectivity index (χ4v) is 2.54. The monoisotopic (exact) mass is 505 g/mol. The maximum Gasteiger partial charge on any atom is 0.272 e.